The highest BCUT2D eigenvalue weighted by Gasteiger charge is 2.43. The third kappa shape index (κ3) is 4.29. The Labute approximate surface area is 135 Å². The van der Waals surface area contributed by atoms with E-state index >= 15 is 0 Å². The van der Waals surface area contributed by atoms with E-state index in [2.05, 4.69) is 16.0 Å². The molecule has 8 heteroatoms. The molecule has 0 saturated carbocycles. The number of ether oxygens (including phenoxy) is 1. The second-order valence-electron chi connectivity index (χ2n) is 6.11. The second kappa shape index (κ2) is 7.56. The van der Waals surface area contributed by atoms with Crippen molar-refractivity contribution in [2.45, 2.75) is 32.3 Å². The van der Waals surface area contributed by atoms with Gasteiger partial charge in [0.05, 0.1) is 12.7 Å². The van der Waals surface area contributed by atoms with Gasteiger partial charge in [0.15, 0.2) is 0 Å². The van der Waals surface area contributed by atoms with Crippen LogP contribution < -0.4 is 21.7 Å². The molecule has 0 spiro atoms. The maximum absolute atomic E-state index is 12.1. The van der Waals surface area contributed by atoms with Crippen LogP contribution in [0.15, 0.2) is 11.8 Å². The Balaban J connectivity index is 1.77. The van der Waals surface area contributed by atoms with Crippen LogP contribution in [0.2, 0.25) is 0 Å². The van der Waals surface area contributed by atoms with Gasteiger partial charge in [0, 0.05) is 37.8 Å². The molecule has 1 fully saturated rings. The molecule has 2 heterocycles. The van der Waals surface area contributed by atoms with Gasteiger partial charge in [-0.1, -0.05) is 0 Å². The summed E-state index contributed by atoms with van der Waals surface area (Å²) in [5.41, 5.74) is 4.24. The summed E-state index contributed by atoms with van der Waals surface area (Å²) in [6, 6.07) is 0. The minimum atomic E-state index is -1.39. The van der Waals surface area contributed by atoms with Crippen LogP contribution in [0, 0.1) is 5.41 Å². The molecule has 2 aliphatic rings. The van der Waals surface area contributed by atoms with Gasteiger partial charge in [0.1, 0.15) is 5.41 Å². The summed E-state index contributed by atoms with van der Waals surface area (Å²) in [6.07, 6.45) is 3.20. The van der Waals surface area contributed by atoms with Gasteiger partial charge in [-0.05, 0) is 19.8 Å². The van der Waals surface area contributed by atoms with Crippen molar-refractivity contribution in [1.82, 2.24) is 16.0 Å². The van der Waals surface area contributed by atoms with Crippen LogP contribution in [-0.2, 0) is 19.1 Å². The molecular weight excluding hydrogens is 300 g/mol. The molecule has 128 valence electrons. The standard InChI is InChI=1S/C15H24N4O4/c1-15(13(16)21)7-10(8-19-14(15)22)12(20)18-4-2-3-11-9-17-5-6-23-11/h8,11,17H,2-7,9H2,1H3,(H2,16,21)(H,18,20)(H,19,22). The molecule has 23 heavy (non-hydrogen) atoms. The lowest BCUT2D eigenvalue weighted by Crippen LogP contribution is -2.50. The Hall–Kier alpha value is -1.93. The van der Waals surface area contributed by atoms with Crippen molar-refractivity contribution in [3.8, 4) is 0 Å². The summed E-state index contributed by atoms with van der Waals surface area (Å²) >= 11 is 0. The van der Waals surface area contributed by atoms with Crippen LogP contribution in [-0.4, -0.2) is 50.1 Å². The lowest BCUT2D eigenvalue weighted by molar-refractivity contribution is -0.140. The smallest absolute Gasteiger partial charge is 0.248 e. The normalized spacial score (nSPS) is 27.8. The molecule has 8 nitrogen and oxygen atoms in total. The van der Waals surface area contributed by atoms with Crippen molar-refractivity contribution in [3.63, 3.8) is 0 Å². The summed E-state index contributed by atoms with van der Waals surface area (Å²) in [7, 11) is 0. The van der Waals surface area contributed by atoms with E-state index in [9.17, 15) is 14.4 Å². The van der Waals surface area contributed by atoms with E-state index in [1.165, 1.54) is 13.1 Å². The van der Waals surface area contributed by atoms with Crippen molar-refractivity contribution in [2.75, 3.05) is 26.2 Å². The van der Waals surface area contributed by atoms with Gasteiger partial charge in [0.2, 0.25) is 17.7 Å². The Morgan fingerprint density at radius 2 is 2.30 bits per heavy atom. The molecule has 2 atom stereocenters. The Bertz CT molecular complexity index is 514. The van der Waals surface area contributed by atoms with Gasteiger partial charge in [0.25, 0.3) is 0 Å². The molecule has 0 aliphatic carbocycles. The second-order valence-corrected chi connectivity index (χ2v) is 6.11. The highest BCUT2D eigenvalue weighted by atomic mass is 16.5. The van der Waals surface area contributed by atoms with Crippen molar-refractivity contribution < 1.29 is 19.1 Å². The van der Waals surface area contributed by atoms with E-state index in [0.717, 1.165) is 32.5 Å². The molecule has 5 N–H and O–H groups in total. The van der Waals surface area contributed by atoms with Gasteiger partial charge < -0.3 is 26.4 Å². The van der Waals surface area contributed by atoms with Crippen molar-refractivity contribution in [1.29, 1.82) is 0 Å². The number of rotatable bonds is 6. The van der Waals surface area contributed by atoms with E-state index in [1.54, 1.807) is 0 Å². The maximum atomic E-state index is 12.1. The fraction of sp³-hybridized carbons (Fsp3) is 0.667. The van der Waals surface area contributed by atoms with Crippen LogP contribution in [0.25, 0.3) is 0 Å². The molecule has 0 aromatic rings. The number of hydrogen-bond donors (Lipinski definition) is 4. The average molecular weight is 324 g/mol. The number of primary amides is 1. The predicted octanol–water partition coefficient (Wildman–Crippen LogP) is -1.23. The molecule has 0 aromatic heterocycles. The largest absolute Gasteiger partial charge is 0.376 e. The van der Waals surface area contributed by atoms with Gasteiger partial charge in [-0.2, -0.15) is 0 Å². The highest BCUT2D eigenvalue weighted by Crippen LogP contribution is 2.29. The molecule has 2 rings (SSSR count). The molecule has 3 amide bonds. The minimum absolute atomic E-state index is 0.00958. The van der Waals surface area contributed by atoms with Crippen LogP contribution in [0.4, 0.5) is 0 Å². The number of morpholine rings is 1. The Kier molecular flexibility index (Phi) is 5.73. The number of carbonyl (C=O) groups excluding carboxylic acids is 3. The predicted molar refractivity (Wildman–Crippen MR) is 83.0 cm³/mol. The zero-order chi connectivity index (χ0) is 16.9. The third-order valence-corrected chi connectivity index (χ3v) is 4.25. The van der Waals surface area contributed by atoms with Crippen LogP contribution in [0.5, 0.6) is 0 Å². The first-order chi connectivity index (χ1) is 10.9. The molecule has 0 radical (unpaired) electrons. The zero-order valence-corrected chi connectivity index (χ0v) is 13.3. The molecular formula is C15H24N4O4. The quantitative estimate of drug-likeness (QED) is 0.360. The number of nitrogens with two attached hydrogens (primary N) is 1. The third-order valence-electron chi connectivity index (χ3n) is 4.25. The first kappa shape index (κ1) is 17.4. The highest BCUT2D eigenvalue weighted by molar-refractivity contribution is 6.08. The van der Waals surface area contributed by atoms with Gasteiger partial charge >= 0.3 is 0 Å². The summed E-state index contributed by atoms with van der Waals surface area (Å²) < 4.78 is 5.58. The average Bonchev–Trinajstić information content (AvgIpc) is 2.54. The fourth-order valence-corrected chi connectivity index (χ4v) is 2.62. The van der Waals surface area contributed by atoms with E-state index in [-0.39, 0.29) is 18.4 Å². The Morgan fingerprint density at radius 3 is 2.96 bits per heavy atom. The van der Waals surface area contributed by atoms with Crippen molar-refractivity contribution >= 4 is 17.7 Å². The maximum Gasteiger partial charge on any atom is 0.248 e. The van der Waals surface area contributed by atoms with E-state index in [4.69, 9.17) is 10.5 Å². The molecule has 2 unspecified atom stereocenters. The summed E-state index contributed by atoms with van der Waals surface area (Å²) in [4.78, 5) is 35.4. The van der Waals surface area contributed by atoms with E-state index in [1.807, 2.05) is 0 Å². The van der Waals surface area contributed by atoms with Gasteiger partial charge in [-0.3, -0.25) is 14.4 Å². The van der Waals surface area contributed by atoms with E-state index < -0.39 is 17.2 Å². The lowest BCUT2D eigenvalue weighted by Gasteiger charge is -2.29. The van der Waals surface area contributed by atoms with Gasteiger partial charge in [-0.25, -0.2) is 0 Å². The monoisotopic (exact) mass is 324 g/mol. The first-order valence-corrected chi connectivity index (χ1v) is 7.84. The summed E-state index contributed by atoms with van der Waals surface area (Å²) in [5.74, 6) is -1.51. The zero-order valence-electron chi connectivity index (χ0n) is 13.3. The molecule has 0 bridgehead atoms. The number of amides is 3. The Morgan fingerprint density at radius 1 is 1.52 bits per heavy atom. The molecule has 1 saturated heterocycles. The number of carbonyl (C=O) groups is 3. The van der Waals surface area contributed by atoms with Crippen LogP contribution in [0.3, 0.4) is 0 Å². The van der Waals surface area contributed by atoms with Crippen LogP contribution in [0.1, 0.15) is 26.2 Å². The minimum Gasteiger partial charge on any atom is -0.376 e. The summed E-state index contributed by atoms with van der Waals surface area (Å²) in [6.45, 7) is 4.39. The fourth-order valence-electron chi connectivity index (χ4n) is 2.62. The lowest BCUT2D eigenvalue weighted by atomic mass is 9.80. The van der Waals surface area contributed by atoms with E-state index in [0.29, 0.717) is 12.1 Å². The molecule has 2 aliphatic heterocycles. The topological polar surface area (TPSA) is 123 Å². The van der Waals surface area contributed by atoms with Crippen molar-refractivity contribution in [2.24, 2.45) is 11.1 Å². The van der Waals surface area contributed by atoms with Crippen LogP contribution >= 0.6 is 0 Å². The summed E-state index contributed by atoms with van der Waals surface area (Å²) in [5, 5.41) is 8.49. The number of nitrogens with one attached hydrogen (secondary N) is 3. The van der Waals surface area contributed by atoms with Crippen molar-refractivity contribution in [3.05, 3.63) is 11.8 Å². The molecule has 0 aromatic carbocycles. The van der Waals surface area contributed by atoms with Gasteiger partial charge in [-0.15, -0.1) is 0 Å². The number of hydrogen-bond acceptors (Lipinski definition) is 5. The SMILES string of the molecule is CC1(C(N)=O)CC(C(=O)NCCCC2CNCCO2)=CNC1=O. The first-order valence-electron chi connectivity index (χ1n) is 7.84.